The Bertz CT molecular complexity index is 5340. The van der Waals surface area contributed by atoms with Gasteiger partial charge in [0, 0.05) is 71.4 Å². The van der Waals surface area contributed by atoms with Crippen LogP contribution in [0.5, 0.6) is 40.2 Å². The van der Waals surface area contributed by atoms with E-state index >= 15 is 0 Å². The van der Waals surface area contributed by atoms with Crippen LogP contribution in [0.15, 0.2) is 261 Å². The Labute approximate surface area is 741 Å². The van der Waals surface area contributed by atoms with Gasteiger partial charge in [-0.15, -0.1) is 0 Å². The minimum absolute atomic E-state index is 0.676. The third-order valence-corrected chi connectivity index (χ3v) is 25.9. The first-order valence-corrected chi connectivity index (χ1v) is 47.2. The molecular weight excluding hydrogens is 1520 g/mol. The molecule has 0 N–H and O–H groups in total. The Morgan fingerprint density at radius 1 is 0.347 bits per heavy atom. The molecule has 646 valence electrons. The van der Waals surface area contributed by atoms with E-state index in [9.17, 15) is 0 Å². The Kier molecular flexibility index (Phi) is 32.3. The van der Waals surface area contributed by atoms with Crippen molar-refractivity contribution < 1.29 is 33.2 Å². The molecule has 2 unspecified atom stereocenters. The Balaban J connectivity index is 0.000000203. The number of benzene rings is 12. The summed E-state index contributed by atoms with van der Waals surface area (Å²) < 4.78 is 44.9. The molecule has 0 aliphatic carbocycles. The second-order valence-electron chi connectivity index (χ2n) is 34.7. The lowest BCUT2D eigenvalue weighted by molar-refractivity contribution is 0.161. The maximum atomic E-state index is 7.45. The van der Waals surface area contributed by atoms with Crippen molar-refractivity contribution in [2.45, 2.75) is 213 Å². The smallest absolute Gasteiger partial charge is 0.178 e. The maximum absolute atomic E-state index is 7.45. The second-order valence-corrected chi connectivity index (χ2v) is 34.7. The molecule has 3 aliphatic rings. The summed E-state index contributed by atoms with van der Waals surface area (Å²) in [5.74, 6) is 6.61. The van der Waals surface area contributed by atoms with E-state index in [1.807, 2.05) is 6.07 Å². The van der Waals surface area contributed by atoms with Gasteiger partial charge in [0.15, 0.2) is 22.7 Å². The van der Waals surface area contributed by atoms with Gasteiger partial charge >= 0.3 is 0 Å². The highest BCUT2D eigenvalue weighted by Crippen LogP contribution is 2.51. The molecule has 12 aromatic rings. The minimum Gasteiger partial charge on any atom is -0.494 e. The monoisotopic (exact) mass is 1660 g/mol. The van der Waals surface area contributed by atoms with Gasteiger partial charge in [-0.2, -0.15) is 0 Å². The van der Waals surface area contributed by atoms with E-state index in [1.165, 1.54) is 181 Å². The summed E-state index contributed by atoms with van der Waals surface area (Å²) >= 11 is 0. The lowest BCUT2D eigenvalue weighted by Gasteiger charge is -2.37. The van der Waals surface area contributed by atoms with Gasteiger partial charge in [0.1, 0.15) is 28.7 Å². The van der Waals surface area contributed by atoms with Crippen LogP contribution < -0.4 is 43.0 Å². The molecule has 9 nitrogen and oxygen atoms in total. The molecular formula is C115H134N2O7. The highest BCUT2D eigenvalue weighted by molar-refractivity contribution is 6.06. The van der Waals surface area contributed by atoms with Crippen LogP contribution in [-0.2, 0) is 11.2 Å². The van der Waals surface area contributed by atoms with Crippen molar-refractivity contribution in [3.8, 4) is 84.8 Å². The molecule has 3 aliphatic heterocycles. The normalized spacial score (nSPS) is 15.3. The van der Waals surface area contributed by atoms with Crippen LogP contribution in [0.1, 0.15) is 235 Å². The molecule has 12 aromatic carbocycles. The first-order chi connectivity index (χ1) is 61.0. The fourth-order valence-electron chi connectivity index (χ4n) is 18.1. The highest BCUT2D eigenvalue weighted by Gasteiger charge is 2.40. The molecule has 0 aromatic heterocycles. The molecule has 1 saturated heterocycles. The summed E-state index contributed by atoms with van der Waals surface area (Å²) in [6, 6.07) is 89.2. The molecule has 2 atom stereocenters. The average molecular weight is 1660 g/mol. The van der Waals surface area contributed by atoms with Crippen molar-refractivity contribution in [2.24, 2.45) is 5.92 Å². The van der Waals surface area contributed by atoms with Crippen molar-refractivity contribution in [3.05, 3.63) is 294 Å². The van der Waals surface area contributed by atoms with Crippen LogP contribution >= 0.6 is 0 Å². The van der Waals surface area contributed by atoms with Crippen LogP contribution in [0.4, 0.5) is 11.4 Å². The number of anilines is 2. The van der Waals surface area contributed by atoms with Gasteiger partial charge in [-0.05, 0) is 220 Å². The van der Waals surface area contributed by atoms with Gasteiger partial charge < -0.3 is 43.0 Å². The van der Waals surface area contributed by atoms with Gasteiger partial charge in [-0.25, -0.2) is 0 Å². The molecule has 0 radical (unpaired) electrons. The Morgan fingerprint density at radius 2 is 0.685 bits per heavy atom. The SMILES string of the molecule is CCCCCCCCCCCCOc1ccc(-c2ccc(-c3cc4c(c5cc(OC)c(OC)cc35)C=CC(c3ccccc3)(c3ccc(N(C)CC)cc3)O4)cc2)cc1.CCCCCCCCCCCCOc1ccc(-c2ccc(-c3cc4c(c5ccccc35)C=CC(c3ccc(OCCCCCC)cc3)(c3ccc(N5CCC(C)CC5)cc3)O4)cc2)cc1. The number of fused-ring (bicyclic) bond motifs is 6. The Hall–Kier alpha value is -11.2. The molecule has 3 heterocycles. The van der Waals surface area contributed by atoms with E-state index in [1.54, 1.807) is 14.2 Å². The van der Waals surface area contributed by atoms with Gasteiger partial charge in [0.25, 0.3) is 0 Å². The van der Waals surface area contributed by atoms with Gasteiger partial charge in [-0.1, -0.05) is 326 Å². The summed E-state index contributed by atoms with van der Waals surface area (Å²) in [6.45, 7) is 16.8. The number of nitrogens with zero attached hydrogens (tertiary/aromatic N) is 2. The molecule has 0 spiro atoms. The quantitative estimate of drug-likeness (QED) is 0.0348. The highest BCUT2D eigenvalue weighted by atomic mass is 16.5. The average Bonchev–Trinajstić information content (AvgIpc) is 0.732. The number of hydrogen-bond donors (Lipinski definition) is 0. The fraction of sp³-hybridized carbons (Fsp3) is 0.374. The lowest BCUT2D eigenvalue weighted by Crippen LogP contribution is -2.35. The van der Waals surface area contributed by atoms with Crippen molar-refractivity contribution in [3.63, 3.8) is 0 Å². The molecule has 0 saturated carbocycles. The third kappa shape index (κ3) is 22.3. The first-order valence-electron chi connectivity index (χ1n) is 47.2. The van der Waals surface area contributed by atoms with E-state index in [4.69, 9.17) is 33.2 Å². The predicted octanol–water partition coefficient (Wildman–Crippen LogP) is 31.3. The molecule has 1 fully saturated rings. The van der Waals surface area contributed by atoms with Crippen LogP contribution in [0.2, 0.25) is 0 Å². The van der Waals surface area contributed by atoms with Crippen molar-refractivity contribution in [1.82, 2.24) is 0 Å². The van der Waals surface area contributed by atoms with Gasteiger partial charge in [0.05, 0.1) is 34.0 Å². The molecule has 15 rings (SSSR count). The molecule has 124 heavy (non-hydrogen) atoms. The van der Waals surface area contributed by atoms with E-state index < -0.39 is 11.2 Å². The lowest BCUT2D eigenvalue weighted by atomic mass is 9.82. The van der Waals surface area contributed by atoms with Crippen LogP contribution in [0.3, 0.4) is 0 Å². The zero-order valence-electron chi connectivity index (χ0n) is 75.4. The van der Waals surface area contributed by atoms with Crippen LogP contribution in [0.25, 0.3) is 78.2 Å². The number of ether oxygens (including phenoxy) is 7. The summed E-state index contributed by atoms with van der Waals surface area (Å²) in [5.41, 5.74) is 16.4. The second kappa shape index (κ2) is 44.9. The summed E-state index contributed by atoms with van der Waals surface area (Å²) in [5, 5.41) is 4.49. The number of unbranched alkanes of at least 4 members (excludes halogenated alkanes) is 21. The topological polar surface area (TPSA) is 71.1 Å². The van der Waals surface area contributed by atoms with E-state index in [-0.39, 0.29) is 0 Å². The summed E-state index contributed by atoms with van der Waals surface area (Å²) in [6.07, 6.45) is 42.7. The fourth-order valence-corrected chi connectivity index (χ4v) is 18.1. The number of rotatable bonds is 43. The minimum atomic E-state index is -0.827. The van der Waals surface area contributed by atoms with Gasteiger partial charge in [-0.3, -0.25) is 0 Å². The van der Waals surface area contributed by atoms with Crippen molar-refractivity contribution in [1.29, 1.82) is 0 Å². The Morgan fingerprint density at radius 3 is 1.11 bits per heavy atom. The van der Waals surface area contributed by atoms with Crippen LogP contribution in [0, 0.1) is 5.92 Å². The van der Waals surface area contributed by atoms with Gasteiger partial charge in [0.2, 0.25) is 0 Å². The maximum Gasteiger partial charge on any atom is 0.178 e. The van der Waals surface area contributed by atoms with Crippen molar-refractivity contribution >= 4 is 45.1 Å². The summed E-state index contributed by atoms with van der Waals surface area (Å²) in [4.78, 5) is 4.77. The van der Waals surface area contributed by atoms with E-state index in [0.717, 1.165) is 171 Å². The molecule has 0 amide bonds. The predicted molar refractivity (Wildman–Crippen MR) is 523 cm³/mol. The number of methoxy groups -OCH3 is 2. The number of hydrogen-bond acceptors (Lipinski definition) is 9. The van der Waals surface area contributed by atoms with E-state index in [2.05, 4.69) is 318 Å². The summed E-state index contributed by atoms with van der Waals surface area (Å²) in [7, 11) is 5.48. The number of piperidine rings is 1. The largest absolute Gasteiger partial charge is 0.494 e. The van der Waals surface area contributed by atoms with E-state index in [0.29, 0.717) is 11.5 Å². The zero-order valence-corrected chi connectivity index (χ0v) is 75.4. The molecule has 9 heteroatoms. The standard InChI is InChI=1S/C61H73NO3.C54H61NO4/c1-4-6-8-10-11-12-13-14-15-19-45-63-54-34-26-49(27-35-54)48-22-24-50(25-23-48)59-46-60-58(56-20-16-17-21-57(56)59)38-41-61(65-60,52-30-36-55(37-31-52)64-44-18-9-7-5-2)51-28-32-53(33-29-51)62-42-39-47(3)40-43-62;1-6-8-9-10-11-12-13-14-15-19-36-58-46-32-26-41(27-33-46)40-22-24-42(25-23-40)48-37-51-47(49-38-52(56-4)53(57-5)39-50(48)49)34-35-54(59-51,43-20-17-16-18-21-43)44-28-30-45(31-29-44)55(3)7-2/h16-17,20-38,41,46-47H,4-15,18-19,39-40,42-45H2,1-3H3;16-18,20-35,37-39H,6-15,19,36H2,1-5H3. The third-order valence-electron chi connectivity index (χ3n) is 25.9. The van der Waals surface area contributed by atoms with Crippen molar-refractivity contribution in [2.75, 3.05) is 70.5 Å². The zero-order chi connectivity index (χ0) is 85.7. The molecule has 0 bridgehead atoms. The van der Waals surface area contributed by atoms with Crippen LogP contribution in [-0.4, -0.2) is 60.7 Å². The first kappa shape index (κ1) is 89.1.